The molecule has 1 aliphatic rings. The van der Waals surface area contributed by atoms with Gasteiger partial charge in [-0.1, -0.05) is 22.0 Å². The highest BCUT2D eigenvalue weighted by molar-refractivity contribution is 9.10. The summed E-state index contributed by atoms with van der Waals surface area (Å²) in [6.07, 6.45) is 4.42. The number of hydrogen-bond acceptors (Lipinski definition) is 4. The van der Waals surface area contributed by atoms with Gasteiger partial charge in [0.2, 0.25) is 0 Å². The van der Waals surface area contributed by atoms with E-state index >= 15 is 0 Å². The van der Waals surface area contributed by atoms with E-state index in [-0.39, 0.29) is 0 Å². The van der Waals surface area contributed by atoms with Crippen molar-refractivity contribution >= 4 is 32.8 Å². The summed E-state index contributed by atoms with van der Waals surface area (Å²) in [4.78, 5) is 11.0. The molecule has 3 heterocycles. The monoisotopic (exact) mass is 343 g/mol. The Morgan fingerprint density at radius 2 is 2.19 bits per heavy atom. The topological polar surface area (TPSA) is 57.7 Å². The van der Waals surface area contributed by atoms with E-state index in [1.54, 1.807) is 12.5 Å². The van der Waals surface area contributed by atoms with Gasteiger partial charge < -0.3 is 4.90 Å². The minimum Gasteiger partial charge on any atom is -0.349 e. The molecule has 3 aromatic rings. The van der Waals surface area contributed by atoms with Crippen LogP contribution >= 0.6 is 15.9 Å². The number of rotatable bonds is 1. The second-order valence-corrected chi connectivity index (χ2v) is 6.34. The normalized spacial score (nSPS) is 18.0. The highest BCUT2D eigenvalue weighted by Gasteiger charge is 2.25. The molecule has 1 N–H and O–H groups in total. The number of fused-ring (bicyclic) bond motifs is 2. The van der Waals surface area contributed by atoms with Crippen LogP contribution in [0.2, 0.25) is 0 Å². The zero-order valence-corrected chi connectivity index (χ0v) is 13.1. The standard InChI is InChI=1S/C15H14BrN5/c1-9-4-10-2-3-12(16)5-11(10)7-21(9)15-13-6-19-20-14(13)17-8-18-15/h2-3,5-6,8-9H,4,7H2,1H3,(H,17,18,19,20). The molecule has 2 aromatic heterocycles. The van der Waals surface area contributed by atoms with Crippen LogP contribution in [0.1, 0.15) is 18.1 Å². The largest absolute Gasteiger partial charge is 0.349 e. The molecule has 1 aliphatic heterocycles. The quantitative estimate of drug-likeness (QED) is 0.737. The van der Waals surface area contributed by atoms with Crippen molar-refractivity contribution in [3.63, 3.8) is 0 Å². The molecule has 106 valence electrons. The fraction of sp³-hybridized carbons (Fsp3) is 0.267. The van der Waals surface area contributed by atoms with Crippen molar-refractivity contribution in [1.29, 1.82) is 0 Å². The summed E-state index contributed by atoms with van der Waals surface area (Å²) in [5.74, 6) is 0.951. The molecule has 1 aromatic carbocycles. The van der Waals surface area contributed by atoms with Gasteiger partial charge in [0, 0.05) is 17.1 Å². The van der Waals surface area contributed by atoms with E-state index < -0.39 is 0 Å². The van der Waals surface area contributed by atoms with Gasteiger partial charge in [0.1, 0.15) is 12.1 Å². The van der Waals surface area contributed by atoms with Gasteiger partial charge in [0.15, 0.2) is 5.65 Å². The highest BCUT2D eigenvalue weighted by Crippen LogP contribution is 2.31. The average Bonchev–Trinajstić information content (AvgIpc) is 2.95. The fourth-order valence-electron chi connectivity index (χ4n) is 2.97. The van der Waals surface area contributed by atoms with E-state index in [1.807, 2.05) is 0 Å². The zero-order valence-electron chi connectivity index (χ0n) is 11.5. The first kappa shape index (κ1) is 12.8. The van der Waals surface area contributed by atoms with Crippen molar-refractivity contribution in [3.8, 4) is 0 Å². The van der Waals surface area contributed by atoms with E-state index in [0.29, 0.717) is 6.04 Å². The molecule has 0 saturated heterocycles. The summed E-state index contributed by atoms with van der Waals surface area (Å²) in [5, 5.41) is 7.96. The second-order valence-electron chi connectivity index (χ2n) is 5.42. The van der Waals surface area contributed by atoms with Gasteiger partial charge >= 0.3 is 0 Å². The smallest absolute Gasteiger partial charge is 0.160 e. The van der Waals surface area contributed by atoms with Crippen molar-refractivity contribution in [2.75, 3.05) is 4.90 Å². The van der Waals surface area contributed by atoms with Crippen molar-refractivity contribution in [2.45, 2.75) is 25.9 Å². The van der Waals surface area contributed by atoms with Crippen molar-refractivity contribution in [3.05, 3.63) is 46.3 Å². The van der Waals surface area contributed by atoms with E-state index in [9.17, 15) is 0 Å². The van der Waals surface area contributed by atoms with E-state index in [2.05, 4.69) is 66.1 Å². The van der Waals surface area contributed by atoms with Gasteiger partial charge in [-0.3, -0.25) is 5.10 Å². The Bertz CT molecular complexity index is 813. The molecule has 0 spiro atoms. The summed E-state index contributed by atoms with van der Waals surface area (Å²) in [5.41, 5.74) is 3.55. The summed E-state index contributed by atoms with van der Waals surface area (Å²) < 4.78 is 1.12. The Morgan fingerprint density at radius 1 is 1.29 bits per heavy atom. The van der Waals surface area contributed by atoms with Crippen molar-refractivity contribution < 1.29 is 0 Å². The van der Waals surface area contributed by atoms with Gasteiger partial charge in [-0.2, -0.15) is 5.10 Å². The van der Waals surface area contributed by atoms with Crippen LogP contribution in [0, 0.1) is 0 Å². The van der Waals surface area contributed by atoms with Gasteiger partial charge in [-0.25, -0.2) is 9.97 Å². The molecule has 21 heavy (non-hydrogen) atoms. The molecule has 5 nitrogen and oxygen atoms in total. The molecule has 0 radical (unpaired) electrons. The van der Waals surface area contributed by atoms with Gasteiger partial charge in [0.25, 0.3) is 0 Å². The molecule has 1 atom stereocenters. The number of anilines is 1. The van der Waals surface area contributed by atoms with Crippen molar-refractivity contribution in [1.82, 2.24) is 20.2 Å². The molecule has 6 heteroatoms. The Labute approximate surface area is 130 Å². The lowest BCUT2D eigenvalue weighted by Gasteiger charge is -2.36. The van der Waals surface area contributed by atoms with Crippen LogP contribution in [0.5, 0.6) is 0 Å². The van der Waals surface area contributed by atoms with E-state index in [4.69, 9.17) is 0 Å². The first-order chi connectivity index (χ1) is 10.2. The number of nitrogens with zero attached hydrogens (tertiary/aromatic N) is 4. The summed E-state index contributed by atoms with van der Waals surface area (Å²) in [6.45, 7) is 3.09. The lowest BCUT2D eigenvalue weighted by molar-refractivity contribution is 0.588. The van der Waals surface area contributed by atoms with Crippen LogP contribution in [0.4, 0.5) is 5.82 Å². The van der Waals surface area contributed by atoms with Gasteiger partial charge in [-0.15, -0.1) is 0 Å². The number of halogens is 1. The molecule has 0 saturated carbocycles. The van der Waals surface area contributed by atoms with Crippen molar-refractivity contribution in [2.24, 2.45) is 0 Å². The molecular formula is C15H14BrN5. The minimum atomic E-state index is 0.395. The molecular weight excluding hydrogens is 330 g/mol. The second kappa shape index (κ2) is 4.80. The van der Waals surface area contributed by atoms with Crippen LogP contribution in [-0.4, -0.2) is 26.2 Å². The number of H-pyrrole nitrogens is 1. The predicted molar refractivity (Wildman–Crippen MR) is 85.2 cm³/mol. The number of hydrogen-bond donors (Lipinski definition) is 1. The van der Waals surface area contributed by atoms with Crippen LogP contribution in [0.3, 0.4) is 0 Å². The third-order valence-electron chi connectivity index (χ3n) is 4.06. The Morgan fingerprint density at radius 3 is 3.10 bits per heavy atom. The molecule has 0 fully saturated rings. The number of aromatic nitrogens is 4. The summed E-state index contributed by atoms with van der Waals surface area (Å²) >= 11 is 3.56. The SMILES string of the molecule is CC1Cc2ccc(Br)cc2CN1c1ncnc2[nH]ncc12. The number of benzene rings is 1. The van der Waals surface area contributed by atoms with Crippen LogP contribution in [0.15, 0.2) is 35.2 Å². The molecule has 0 amide bonds. The van der Waals surface area contributed by atoms with Gasteiger partial charge in [0.05, 0.1) is 11.6 Å². The first-order valence-corrected chi connectivity index (χ1v) is 7.69. The highest BCUT2D eigenvalue weighted by atomic mass is 79.9. The Balaban J connectivity index is 1.80. The molecule has 4 rings (SSSR count). The van der Waals surface area contributed by atoms with Crippen LogP contribution in [0.25, 0.3) is 11.0 Å². The Hall–Kier alpha value is -1.95. The third-order valence-corrected chi connectivity index (χ3v) is 4.55. The lowest BCUT2D eigenvalue weighted by atomic mass is 9.95. The van der Waals surface area contributed by atoms with Crippen LogP contribution in [-0.2, 0) is 13.0 Å². The molecule has 1 unspecified atom stereocenters. The predicted octanol–water partition coefficient (Wildman–Crippen LogP) is 3.07. The maximum absolute atomic E-state index is 4.49. The number of nitrogens with one attached hydrogen (secondary N) is 1. The molecule has 0 bridgehead atoms. The fourth-order valence-corrected chi connectivity index (χ4v) is 3.38. The summed E-state index contributed by atoms with van der Waals surface area (Å²) in [6, 6.07) is 6.91. The summed E-state index contributed by atoms with van der Waals surface area (Å²) in [7, 11) is 0. The maximum atomic E-state index is 4.49. The van der Waals surface area contributed by atoms with E-state index in [1.165, 1.54) is 11.1 Å². The minimum absolute atomic E-state index is 0.395. The lowest BCUT2D eigenvalue weighted by Crippen LogP contribution is -2.39. The van der Waals surface area contributed by atoms with Crippen LogP contribution < -0.4 is 4.90 Å². The third kappa shape index (κ3) is 2.10. The number of aromatic amines is 1. The van der Waals surface area contributed by atoms with Gasteiger partial charge in [-0.05, 0) is 36.6 Å². The Kier molecular flexibility index (Phi) is 2.92. The first-order valence-electron chi connectivity index (χ1n) is 6.90. The maximum Gasteiger partial charge on any atom is 0.160 e. The average molecular weight is 344 g/mol. The van der Waals surface area contributed by atoms with E-state index in [0.717, 1.165) is 34.3 Å². The molecule has 0 aliphatic carbocycles. The zero-order chi connectivity index (χ0) is 14.4.